The minimum atomic E-state index is -1.08. The number of primary amides is 1. The van der Waals surface area contributed by atoms with Crippen LogP contribution in [0.4, 0.5) is 5.69 Å². The number of likely N-dealkylation sites (tertiary alicyclic amines) is 1. The number of rotatable bonds is 8. The molecule has 10 heteroatoms. The van der Waals surface area contributed by atoms with Crippen molar-refractivity contribution in [2.75, 3.05) is 19.0 Å². The Morgan fingerprint density at radius 2 is 1.76 bits per heavy atom. The fourth-order valence-electron chi connectivity index (χ4n) is 5.45. The summed E-state index contributed by atoms with van der Waals surface area (Å²) in [7, 11) is 1.41. The molecule has 0 aliphatic carbocycles. The summed E-state index contributed by atoms with van der Waals surface area (Å²) in [6.45, 7) is 6.95. The van der Waals surface area contributed by atoms with Crippen LogP contribution in [0.1, 0.15) is 55.0 Å². The van der Waals surface area contributed by atoms with Crippen LogP contribution < -0.4 is 11.1 Å². The maximum Gasteiger partial charge on any atom is 0.249 e. The molecule has 200 valence electrons. The largest absolute Gasteiger partial charge is 0.375 e. The van der Waals surface area contributed by atoms with Gasteiger partial charge in [0.25, 0.3) is 0 Å². The van der Waals surface area contributed by atoms with E-state index < -0.39 is 35.7 Å². The van der Waals surface area contributed by atoms with Crippen LogP contribution in [0.15, 0.2) is 41.8 Å². The van der Waals surface area contributed by atoms with Crippen LogP contribution in [0.2, 0.25) is 0 Å². The van der Waals surface area contributed by atoms with Crippen molar-refractivity contribution in [2.24, 2.45) is 11.7 Å². The molecule has 3 amide bonds. The summed E-state index contributed by atoms with van der Waals surface area (Å²) >= 11 is 2.98. The molecule has 4 unspecified atom stereocenters. The fourth-order valence-corrected chi connectivity index (χ4v) is 7.46. The zero-order valence-corrected chi connectivity index (χ0v) is 23.6. The summed E-state index contributed by atoms with van der Waals surface area (Å²) in [5.74, 6) is -2.95. The first kappa shape index (κ1) is 27.7. The predicted octanol–water partition coefficient (Wildman–Crippen LogP) is 4.36. The van der Waals surface area contributed by atoms with Crippen molar-refractivity contribution in [2.45, 2.75) is 45.7 Å². The average molecular weight is 554 g/mol. The highest BCUT2D eigenvalue weighted by molar-refractivity contribution is 7.12. The zero-order valence-electron chi connectivity index (χ0n) is 21.9. The van der Waals surface area contributed by atoms with E-state index >= 15 is 0 Å². The molecule has 1 aliphatic heterocycles. The topological polar surface area (TPSA) is 119 Å². The molecular formula is C28H31N3O5S2. The molecule has 0 saturated carbocycles. The van der Waals surface area contributed by atoms with Crippen molar-refractivity contribution in [3.8, 4) is 0 Å². The second-order valence-electron chi connectivity index (χ2n) is 9.54. The molecule has 0 radical (unpaired) electrons. The van der Waals surface area contributed by atoms with Crippen LogP contribution in [0.3, 0.4) is 0 Å². The molecule has 38 heavy (non-hydrogen) atoms. The number of ether oxygens (including phenoxy) is 1. The number of amides is 3. The Balaban J connectivity index is 1.96. The summed E-state index contributed by atoms with van der Waals surface area (Å²) < 4.78 is 5.17. The number of nitrogens with one attached hydrogen (secondary N) is 1. The molecule has 1 saturated heterocycles. The highest BCUT2D eigenvalue weighted by Gasteiger charge is 2.57. The number of carbonyl (C=O) groups is 4. The van der Waals surface area contributed by atoms with Crippen LogP contribution in [0.5, 0.6) is 0 Å². The van der Waals surface area contributed by atoms with Crippen LogP contribution in [-0.4, -0.2) is 48.2 Å². The number of benzene rings is 1. The predicted molar refractivity (Wildman–Crippen MR) is 149 cm³/mol. The van der Waals surface area contributed by atoms with E-state index in [4.69, 9.17) is 10.5 Å². The van der Waals surface area contributed by atoms with Gasteiger partial charge in [0.2, 0.25) is 17.7 Å². The third-order valence-corrected chi connectivity index (χ3v) is 8.96. The number of carbonyl (C=O) groups excluding carboxylic acids is 4. The van der Waals surface area contributed by atoms with Crippen molar-refractivity contribution in [1.82, 2.24) is 4.90 Å². The second-order valence-corrected chi connectivity index (χ2v) is 11.9. The quantitative estimate of drug-likeness (QED) is 0.402. The van der Waals surface area contributed by atoms with Crippen LogP contribution >= 0.6 is 22.7 Å². The van der Waals surface area contributed by atoms with E-state index in [0.29, 0.717) is 16.8 Å². The van der Waals surface area contributed by atoms with Crippen LogP contribution in [-0.2, 0) is 19.1 Å². The van der Waals surface area contributed by atoms with Crippen LogP contribution in [0.25, 0.3) is 0 Å². The highest BCUT2D eigenvalue weighted by atomic mass is 32.1. The molecule has 4 atom stereocenters. The Hall–Kier alpha value is -3.34. The van der Waals surface area contributed by atoms with E-state index in [0.717, 1.165) is 20.2 Å². The first-order chi connectivity index (χ1) is 18.0. The van der Waals surface area contributed by atoms with Crippen molar-refractivity contribution < 1.29 is 23.9 Å². The maximum absolute atomic E-state index is 14.4. The van der Waals surface area contributed by atoms with Gasteiger partial charge in [-0.3, -0.25) is 19.2 Å². The number of Topliss-reactive ketones (excluding diaryl/α,β-unsaturated/α-hetero) is 1. The lowest BCUT2D eigenvalue weighted by atomic mass is 9.76. The van der Waals surface area contributed by atoms with Gasteiger partial charge < -0.3 is 20.7 Å². The first-order valence-corrected chi connectivity index (χ1v) is 13.9. The zero-order chi connectivity index (χ0) is 27.7. The Labute approximate surface area is 229 Å². The average Bonchev–Trinajstić information content (AvgIpc) is 3.53. The van der Waals surface area contributed by atoms with Crippen molar-refractivity contribution in [1.29, 1.82) is 0 Å². The van der Waals surface area contributed by atoms with E-state index in [-0.39, 0.29) is 18.3 Å². The van der Waals surface area contributed by atoms with Gasteiger partial charge in [-0.05, 0) is 61.5 Å². The van der Waals surface area contributed by atoms with Crippen molar-refractivity contribution >= 4 is 51.9 Å². The van der Waals surface area contributed by atoms with Gasteiger partial charge in [0.15, 0.2) is 5.78 Å². The molecule has 2 aromatic heterocycles. The molecule has 8 nitrogen and oxygen atoms in total. The SMILES string of the molecule is COCC(=O)N1C(C(N)=O)C(c2ccc(NC(C)=O)cc2)C(C(=O)c2cc(C)sc2C)C1c1sccc1C. The van der Waals surface area contributed by atoms with Crippen LogP contribution in [0, 0.1) is 26.7 Å². The van der Waals surface area contributed by atoms with E-state index in [2.05, 4.69) is 5.32 Å². The number of nitrogens with two attached hydrogens (primary N) is 1. The van der Waals surface area contributed by atoms with Crippen molar-refractivity contribution in [3.63, 3.8) is 0 Å². The molecule has 3 N–H and O–H groups in total. The van der Waals surface area contributed by atoms with E-state index in [1.54, 1.807) is 24.3 Å². The van der Waals surface area contributed by atoms with Gasteiger partial charge in [0, 0.05) is 45.8 Å². The molecular weight excluding hydrogens is 522 g/mol. The molecule has 0 bridgehead atoms. The molecule has 0 spiro atoms. The standard InChI is InChI=1S/C28H31N3O5S2/c1-14-10-11-37-27(14)24-23(26(34)20-12-15(2)38-16(20)3)22(18-6-8-19(9-7-18)30-17(4)32)25(28(29)35)31(24)21(33)13-36-5/h6-12,22-25H,13H2,1-5H3,(H2,29,35)(H,30,32). The Kier molecular flexibility index (Phi) is 8.15. The number of nitrogens with zero attached hydrogens (tertiary/aromatic N) is 1. The van der Waals surface area contributed by atoms with Gasteiger partial charge in [0.05, 0.1) is 12.0 Å². The number of aryl methyl sites for hydroxylation is 3. The Bertz CT molecular complexity index is 1380. The van der Waals surface area contributed by atoms with E-state index in [9.17, 15) is 19.2 Å². The summed E-state index contributed by atoms with van der Waals surface area (Å²) in [4.78, 5) is 56.8. The number of anilines is 1. The highest BCUT2D eigenvalue weighted by Crippen LogP contribution is 2.53. The second kappa shape index (κ2) is 11.2. The molecule has 1 aliphatic rings. The van der Waals surface area contributed by atoms with Crippen molar-refractivity contribution in [3.05, 3.63) is 73.1 Å². The summed E-state index contributed by atoms with van der Waals surface area (Å²) in [5, 5.41) is 4.65. The summed E-state index contributed by atoms with van der Waals surface area (Å²) in [6.07, 6.45) is 0. The number of thiophene rings is 2. The lowest BCUT2D eigenvalue weighted by Crippen LogP contribution is -2.47. The maximum atomic E-state index is 14.4. The van der Waals surface area contributed by atoms with Gasteiger partial charge in [-0.15, -0.1) is 22.7 Å². The monoisotopic (exact) mass is 553 g/mol. The van der Waals surface area contributed by atoms with Gasteiger partial charge in [-0.1, -0.05) is 12.1 Å². The molecule has 3 aromatic rings. The summed E-state index contributed by atoms with van der Waals surface area (Å²) in [5.41, 5.74) is 8.77. The number of hydrogen-bond acceptors (Lipinski definition) is 7. The normalized spacial score (nSPS) is 20.9. The van der Waals surface area contributed by atoms with Gasteiger partial charge in [-0.2, -0.15) is 0 Å². The summed E-state index contributed by atoms with van der Waals surface area (Å²) in [6, 6.07) is 9.03. The molecule has 1 fully saturated rings. The number of hydrogen-bond donors (Lipinski definition) is 2. The lowest BCUT2D eigenvalue weighted by molar-refractivity contribution is -0.142. The van der Waals surface area contributed by atoms with E-state index in [1.165, 1.54) is 41.6 Å². The number of methoxy groups -OCH3 is 1. The minimum Gasteiger partial charge on any atom is -0.375 e. The smallest absolute Gasteiger partial charge is 0.249 e. The molecule has 3 heterocycles. The fraction of sp³-hybridized carbons (Fsp3) is 0.357. The number of ketones is 1. The minimum absolute atomic E-state index is 0.139. The van der Waals surface area contributed by atoms with Gasteiger partial charge in [0.1, 0.15) is 12.6 Å². The molecule has 4 rings (SSSR count). The first-order valence-electron chi connectivity index (χ1n) is 12.2. The van der Waals surface area contributed by atoms with E-state index in [1.807, 2.05) is 38.3 Å². The Morgan fingerprint density at radius 1 is 1.08 bits per heavy atom. The van der Waals surface area contributed by atoms with Gasteiger partial charge in [-0.25, -0.2) is 0 Å². The third-order valence-electron chi connectivity index (χ3n) is 6.91. The van der Waals surface area contributed by atoms with Gasteiger partial charge >= 0.3 is 0 Å². The Morgan fingerprint density at radius 3 is 2.26 bits per heavy atom. The lowest BCUT2D eigenvalue weighted by Gasteiger charge is -2.30. The third kappa shape index (κ3) is 5.16. The molecule has 1 aromatic carbocycles.